The zero-order valence-electron chi connectivity index (χ0n) is 9.79. The summed E-state index contributed by atoms with van der Waals surface area (Å²) in [6.45, 7) is 1.78. The summed E-state index contributed by atoms with van der Waals surface area (Å²) in [4.78, 5) is 11.7. The van der Waals surface area contributed by atoms with Gasteiger partial charge in [0.05, 0.1) is 12.1 Å². The molecule has 90 valence electrons. The van der Waals surface area contributed by atoms with Crippen LogP contribution in [0, 0.1) is 18.3 Å². The Bertz CT molecular complexity index is 451. The molecule has 0 aromatic heterocycles. The van der Waals surface area contributed by atoms with Crippen molar-refractivity contribution in [2.24, 2.45) is 5.92 Å². The van der Waals surface area contributed by atoms with Crippen LogP contribution in [0.25, 0.3) is 0 Å². The molecule has 17 heavy (non-hydrogen) atoms. The number of methoxy groups -OCH3 is 1. The van der Waals surface area contributed by atoms with E-state index in [4.69, 9.17) is 22.8 Å². The van der Waals surface area contributed by atoms with E-state index in [1.807, 2.05) is 0 Å². The largest absolute Gasteiger partial charge is 0.495 e. The molecule has 0 heterocycles. The third-order valence-electron chi connectivity index (χ3n) is 2.29. The summed E-state index contributed by atoms with van der Waals surface area (Å²) in [7, 11) is 1.54. The first kappa shape index (κ1) is 13.4. The third-order valence-corrected chi connectivity index (χ3v) is 2.59. The number of ether oxygens (including phenoxy) is 1. The number of anilines is 1. The fourth-order valence-electron chi connectivity index (χ4n) is 1.28. The van der Waals surface area contributed by atoms with Gasteiger partial charge in [0.1, 0.15) is 5.75 Å². The first-order chi connectivity index (χ1) is 8.08. The molecule has 1 unspecified atom stereocenters. The van der Waals surface area contributed by atoms with Crippen molar-refractivity contribution in [3.63, 3.8) is 0 Å². The number of nitrogens with one attached hydrogen (secondary N) is 1. The van der Waals surface area contributed by atoms with Gasteiger partial charge < -0.3 is 10.1 Å². The van der Waals surface area contributed by atoms with Crippen LogP contribution in [-0.2, 0) is 4.79 Å². The van der Waals surface area contributed by atoms with Crippen LogP contribution in [-0.4, -0.2) is 13.0 Å². The lowest BCUT2D eigenvalue weighted by Gasteiger charge is -2.11. The second kappa shape index (κ2) is 6.17. The van der Waals surface area contributed by atoms with Gasteiger partial charge in [0.25, 0.3) is 0 Å². The molecule has 0 spiro atoms. The average Bonchev–Trinajstić information content (AvgIpc) is 2.29. The molecule has 1 rings (SSSR count). The molecule has 1 aromatic rings. The van der Waals surface area contributed by atoms with Gasteiger partial charge in [-0.05, 0) is 18.2 Å². The van der Waals surface area contributed by atoms with Gasteiger partial charge in [0.15, 0.2) is 0 Å². The molecular formula is C13H14ClNO2. The predicted octanol–water partition coefficient (Wildman–Crippen LogP) is 2.95. The van der Waals surface area contributed by atoms with Gasteiger partial charge >= 0.3 is 0 Å². The standard InChI is InChI=1S/C13H14ClNO2/c1-4-5-9(2)13(16)15-10-6-7-12(17-3)11(14)8-10/h1,6-9H,5H2,2-3H3,(H,15,16). The molecule has 0 radical (unpaired) electrons. The predicted molar refractivity (Wildman–Crippen MR) is 69.2 cm³/mol. The maximum absolute atomic E-state index is 11.7. The summed E-state index contributed by atoms with van der Waals surface area (Å²) < 4.78 is 5.02. The normalized spacial score (nSPS) is 11.4. The summed E-state index contributed by atoms with van der Waals surface area (Å²) in [5.74, 6) is 2.69. The number of hydrogen-bond acceptors (Lipinski definition) is 2. The van der Waals surface area contributed by atoms with E-state index in [9.17, 15) is 4.79 Å². The molecule has 0 fully saturated rings. The van der Waals surface area contributed by atoms with Crippen LogP contribution < -0.4 is 10.1 Å². The van der Waals surface area contributed by atoms with Crippen molar-refractivity contribution in [1.29, 1.82) is 0 Å². The maximum atomic E-state index is 11.7. The first-order valence-electron chi connectivity index (χ1n) is 5.16. The Balaban J connectivity index is 2.73. The highest BCUT2D eigenvalue weighted by Crippen LogP contribution is 2.27. The summed E-state index contributed by atoms with van der Waals surface area (Å²) in [5.41, 5.74) is 0.629. The van der Waals surface area contributed by atoms with Gasteiger partial charge in [-0.3, -0.25) is 4.79 Å². The molecule has 0 saturated heterocycles. The topological polar surface area (TPSA) is 38.3 Å². The van der Waals surface area contributed by atoms with E-state index >= 15 is 0 Å². The van der Waals surface area contributed by atoms with Crippen molar-refractivity contribution < 1.29 is 9.53 Å². The monoisotopic (exact) mass is 251 g/mol. The lowest BCUT2D eigenvalue weighted by molar-refractivity contribution is -0.119. The minimum Gasteiger partial charge on any atom is -0.495 e. The highest BCUT2D eigenvalue weighted by molar-refractivity contribution is 6.32. The summed E-state index contributed by atoms with van der Waals surface area (Å²) in [5, 5.41) is 3.20. The lowest BCUT2D eigenvalue weighted by atomic mass is 10.1. The average molecular weight is 252 g/mol. The van der Waals surface area contributed by atoms with Gasteiger partial charge in [-0.2, -0.15) is 0 Å². The number of carbonyl (C=O) groups excluding carboxylic acids is 1. The third kappa shape index (κ3) is 3.69. The number of hydrogen-bond donors (Lipinski definition) is 1. The molecule has 1 N–H and O–H groups in total. The smallest absolute Gasteiger partial charge is 0.228 e. The number of rotatable bonds is 4. The van der Waals surface area contributed by atoms with E-state index < -0.39 is 0 Å². The maximum Gasteiger partial charge on any atom is 0.228 e. The SMILES string of the molecule is C#CCC(C)C(=O)Nc1ccc(OC)c(Cl)c1. The molecule has 0 aliphatic carbocycles. The minimum atomic E-state index is -0.221. The van der Waals surface area contributed by atoms with Crippen LogP contribution in [0.1, 0.15) is 13.3 Å². The molecular weight excluding hydrogens is 238 g/mol. The second-order valence-corrected chi connectivity index (χ2v) is 4.06. The van der Waals surface area contributed by atoms with Crippen LogP contribution in [0.3, 0.4) is 0 Å². The number of amides is 1. The number of carbonyl (C=O) groups is 1. The van der Waals surface area contributed by atoms with Crippen LogP contribution in [0.2, 0.25) is 5.02 Å². The van der Waals surface area contributed by atoms with E-state index in [-0.39, 0.29) is 11.8 Å². The van der Waals surface area contributed by atoms with E-state index in [2.05, 4.69) is 11.2 Å². The molecule has 4 heteroatoms. The molecule has 0 aliphatic rings. The summed E-state index contributed by atoms with van der Waals surface area (Å²) >= 11 is 5.95. The minimum absolute atomic E-state index is 0.121. The molecule has 1 atom stereocenters. The molecule has 1 aromatic carbocycles. The van der Waals surface area contributed by atoms with Crippen LogP contribution >= 0.6 is 11.6 Å². The first-order valence-corrected chi connectivity index (χ1v) is 5.54. The van der Waals surface area contributed by atoms with Gasteiger partial charge in [0, 0.05) is 18.0 Å². The quantitative estimate of drug-likeness (QED) is 0.836. The summed E-state index contributed by atoms with van der Waals surface area (Å²) in [6.07, 6.45) is 5.57. The molecule has 3 nitrogen and oxygen atoms in total. The van der Waals surface area contributed by atoms with Gasteiger partial charge in [-0.15, -0.1) is 12.3 Å². The van der Waals surface area contributed by atoms with Gasteiger partial charge in [-0.25, -0.2) is 0 Å². The fourth-order valence-corrected chi connectivity index (χ4v) is 1.54. The zero-order valence-corrected chi connectivity index (χ0v) is 10.5. The Morgan fingerprint density at radius 2 is 2.35 bits per heavy atom. The number of benzene rings is 1. The Kier molecular flexibility index (Phi) is 4.86. The van der Waals surface area contributed by atoms with Crippen molar-refractivity contribution >= 4 is 23.2 Å². The zero-order chi connectivity index (χ0) is 12.8. The highest BCUT2D eigenvalue weighted by Gasteiger charge is 2.12. The van der Waals surface area contributed by atoms with E-state index in [0.717, 1.165) is 0 Å². The molecule has 0 saturated carbocycles. The Labute approximate surface area is 106 Å². The number of halogens is 1. The molecule has 0 bridgehead atoms. The Morgan fingerprint density at radius 1 is 1.65 bits per heavy atom. The van der Waals surface area contributed by atoms with E-state index in [1.165, 1.54) is 7.11 Å². The van der Waals surface area contributed by atoms with Gasteiger partial charge in [-0.1, -0.05) is 18.5 Å². The number of terminal acetylenes is 1. The lowest BCUT2D eigenvalue weighted by Crippen LogP contribution is -2.19. The molecule has 1 amide bonds. The Morgan fingerprint density at radius 3 is 2.88 bits per heavy atom. The Hall–Kier alpha value is -1.66. The highest BCUT2D eigenvalue weighted by atomic mass is 35.5. The van der Waals surface area contributed by atoms with Crippen molar-refractivity contribution in [2.45, 2.75) is 13.3 Å². The van der Waals surface area contributed by atoms with Crippen LogP contribution in [0.15, 0.2) is 18.2 Å². The van der Waals surface area contributed by atoms with Crippen LogP contribution in [0.4, 0.5) is 5.69 Å². The van der Waals surface area contributed by atoms with Crippen molar-refractivity contribution in [3.8, 4) is 18.1 Å². The van der Waals surface area contributed by atoms with Crippen molar-refractivity contribution in [2.75, 3.05) is 12.4 Å². The van der Waals surface area contributed by atoms with Crippen molar-refractivity contribution in [3.05, 3.63) is 23.2 Å². The fraction of sp³-hybridized carbons (Fsp3) is 0.308. The summed E-state index contributed by atoms with van der Waals surface area (Å²) in [6, 6.07) is 5.07. The van der Waals surface area contributed by atoms with Gasteiger partial charge in [0.2, 0.25) is 5.91 Å². The van der Waals surface area contributed by atoms with E-state index in [1.54, 1.807) is 25.1 Å². The molecule has 0 aliphatic heterocycles. The van der Waals surface area contributed by atoms with Crippen molar-refractivity contribution in [1.82, 2.24) is 0 Å². The van der Waals surface area contributed by atoms with Crippen LogP contribution in [0.5, 0.6) is 5.75 Å². The van der Waals surface area contributed by atoms with E-state index in [0.29, 0.717) is 22.9 Å². The second-order valence-electron chi connectivity index (χ2n) is 3.65.